The third-order valence-corrected chi connectivity index (χ3v) is 7.34. The number of aliphatic hydroxyl groups is 3. The molecule has 0 unspecified atom stereocenters. The number of nitriles is 1. The van der Waals surface area contributed by atoms with Gasteiger partial charge in [-0.05, 0) is 35.4 Å². The molecular formula is C33H29ClN4O5. The Labute approximate surface area is 253 Å². The summed E-state index contributed by atoms with van der Waals surface area (Å²) < 4.78 is 12.4. The van der Waals surface area contributed by atoms with Crippen LogP contribution in [0.4, 0.5) is 0 Å². The molecule has 0 fully saturated rings. The molecule has 0 bridgehead atoms. The first-order chi connectivity index (χ1) is 21.0. The average molecular weight is 597 g/mol. The van der Waals surface area contributed by atoms with Crippen molar-refractivity contribution in [3.05, 3.63) is 113 Å². The average Bonchev–Trinajstić information content (AvgIpc) is 3.06. The zero-order valence-electron chi connectivity index (χ0n) is 23.1. The summed E-state index contributed by atoms with van der Waals surface area (Å²) in [5.41, 5.74) is 3.23. The maximum absolute atomic E-state index is 9.77. The van der Waals surface area contributed by atoms with Crippen LogP contribution in [0.5, 0.6) is 17.4 Å². The van der Waals surface area contributed by atoms with Crippen LogP contribution >= 0.6 is 11.6 Å². The van der Waals surface area contributed by atoms with E-state index in [1.54, 1.807) is 30.3 Å². The quantitative estimate of drug-likeness (QED) is 0.157. The van der Waals surface area contributed by atoms with E-state index in [-0.39, 0.29) is 23.9 Å². The molecule has 5 rings (SSSR count). The Kier molecular flexibility index (Phi) is 9.47. The number of fused-ring (bicyclic) bond motifs is 1. The van der Waals surface area contributed by atoms with Gasteiger partial charge in [-0.25, -0.2) is 9.97 Å². The van der Waals surface area contributed by atoms with Crippen molar-refractivity contribution in [2.75, 3.05) is 19.8 Å². The van der Waals surface area contributed by atoms with Gasteiger partial charge in [0.2, 0.25) is 5.88 Å². The van der Waals surface area contributed by atoms with Crippen LogP contribution in [0.1, 0.15) is 16.7 Å². The molecule has 0 aliphatic heterocycles. The Balaban J connectivity index is 1.50. The molecule has 0 amide bonds. The number of nitrogens with zero attached hydrogens (tertiary/aromatic N) is 3. The SMILES string of the molecule is N#Cc1cccc(COc2cc(Oc3ncnc4c(-c5ccccc5)cccc34)c(Cl)cc2CNC(CO)(CO)CO)c1. The van der Waals surface area contributed by atoms with Gasteiger partial charge in [-0.3, -0.25) is 0 Å². The van der Waals surface area contributed by atoms with Crippen LogP contribution in [0.15, 0.2) is 91.3 Å². The predicted molar refractivity (Wildman–Crippen MR) is 163 cm³/mol. The maximum Gasteiger partial charge on any atom is 0.230 e. The van der Waals surface area contributed by atoms with Crippen molar-refractivity contribution in [3.63, 3.8) is 0 Å². The molecule has 0 atom stereocenters. The molecule has 4 N–H and O–H groups in total. The smallest absolute Gasteiger partial charge is 0.230 e. The zero-order valence-corrected chi connectivity index (χ0v) is 23.8. The molecule has 43 heavy (non-hydrogen) atoms. The first-order valence-electron chi connectivity index (χ1n) is 13.5. The molecule has 0 radical (unpaired) electrons. The van der Waals surface area contributed by atoms with Crippen LogP contribution in [0.25, 0.3) is 22.0 Å². The Morgan fingerprint density at radius 2 is 1.63 bits per heavy atom. The van der Waals surface area contributed by atoms with Crippen LogP contribution in [-0.2, 0) is 13.2 Å². The second kappa shape index (κ2) is 13.6. The fraction of sp³-hybridized carbons (Fsp3) is 0.182. The van der Waals surface area contributed by atoms with Gasteiger partial charge in [-0.1, -0.05) is 66.2 Å². The standard InChI is InChI=1S/C33H29ClN4O5/c34-28-13-25(16-38-33(18-39,19-40)20-41)29(42-17-23-7-4-6-22(12-23)15-35)14-30(28)43-32-27-11-5-10-26(31(27)36-21-37-32)24-8-2-1-3-9-24/h1-14,21,38-41H,16-20H2. The van der Waals surface area contributed by atoms with Crippen molar-refractivity contribution in [1.29, 1.82) is 5.26 Å². The highest BCUT2D eigenvalue weighted by Crippen LogP contribution is 2.38. The Hall–Kier alpha value is -4.56. The summed E-state index contributed by atoms with van der Waals surface area (Å²) in [6.07, 6.45) is 1.44. The first kappa shape index (κ1) is 29.9. The number of aromatic nitrogens is 2. The molecule has 1 aromatic heterocycles. The number of hydrogen-bond acceptors (Lipinski definition) is 9. The monoisotopic (exact) mass is 596 g/mol. The van der Waals surface area contributed by atoms with Crippen molar-refractivity contribution in [3.8, 4) is 34.6 Å². The number of para-hydroxylation sites is 1. The molecule has 0 spiro atoms. The molecule has 1 heterocycles. The van der Waals surface area contributed by atoms with Crippen molar-refractivity contribution >= 4 is 22.5 Å². The van der Waals surface area contributed by atoms with Crippen molar-refractivity contribution < 1.29 is 24.8 Å². The fourth-order valence-electron chi connectivity index (χ4n) is 4.52. The van der Waals surface area contributed by atoms with E-state index in [1.165, 1.54) is 6.33 Å². The minimum absolute atomic E-state index is 0.103. The summed E-state index contributed by atoms with van der Waals surface area (Å²) in [5.74, 6) is 0.998. The highest BCUT2D eigenvalue weighted by Gasteiger charge is 2.28. The number of halogens is 1. The number of benzene rings is 4. The molecule has 4 aromatic carbocycles. The van der Waals surface area contributed by atoms with E-state index in [4.69, 9.17) is 21.1 Å². The van der Waals surface area contributed by atoms with Crippen LogP contribution in [0.3, 0.4) is 0 Å². The lowest BCUT2D eigenvalue weighted by atomic mass is 10.0. The van der Waals surface area contributed by atoms with Crippen LogP contribution < -0.4 is 14.8 Å². The molecular weight excluding hydrogens is 568 g/mol. The number of rotatable bonds is 12. The largest absolute Gasteiger partial charge is 0.488 e. The Morgan fingerprint density at radius 3 is 2.37 bits per heavy atom. The lowest BCUT2D eigenvalue weighted by Crippen LogP contribution is -2.54. The van der Waals surface area contributed by atoms with Gasteiger partial charge < -0.3 is 30.1 Å². The van der Waals surface area contributed by atoms with Crippen molar-refractivity contribution in [2.45, 2.75) is 18.7 Å². The summed E-state index contributed by atoms with van der Waals surface area (Å²) in [6.45, 7) is -1.22. The first-order valence-corrected chi connectivity index (χ1v) is 13.9. The minimum Gasteiger partial charge on any atom is -0.488 e. The van der Waals surface area contributed by atoms with E-state index in [9.17, 15) is 20.6 Å². The van der Waals surface area contributed by atoms with E-state index in [0.29, 0.717) is 28.1 Å². The summed E-state index contributed by atoms with van der Waals surface area (Å²) in [5, 5.41) is 42.5. The molecule has 218 valence electrons. The highest BCUT2D eigenvalue weighted by molar-refractivity contribution is 6.32. The van der Waals surface area contributed by atoms with Gasteiger partial charge in [0.1, 0.15) is 18.7 Å². The van der Waals surface area contributed by atoms with Gasteiger partial charge in [-0.2, -0.15) is 5.26 Å². The molecule has 10 heteroatoms. The van der Waals surface area contributed by atoms with Crippen LogP contribution in [0.2, 0.25) is 5.02 Å². The van der Waals surface area contributed by atoms with Gasteiger partial charge >= 0.3 is 0 Å². The summed E-state index contributed by atoms with van der Waals surface area (Å²) in [4.78, 5) is 8.91. The van der Waals surface area contributed by atoms with Crippen LogP contribution in [0, 0.1) is 11.3 Å². The lowest BCUT2D eigenvalue weighted by molar-refractivity contribution is 0.0412. The number of nitrogens with one attached hydrogen (secondary N) is 1. The predicted octanol–water partition coefficient (Wildman–Crippen LogP) is 5.00. The van der Waals surface area contributed by atoms with Crippen LogP contribution in [-0.4, -0.2) is 50.6 Å². The molecule has 0 saturated heterocycles. The number of ether oxygens (including phenoxy) is 2. The zero-order chi connectivity index (χ0) is 30.2. The molecule has 0 aliphatic carbocycles. The third kappa shape index (κ3) is 6.75. The van der Waals surface area contributed by atoms with E-state index < -0.39 is 25.4 Å². The van der Waals surface area contributed by atoms with E-state index in [0.717, 1.165) is 22.2 Å². The lowest BCUT2D eigenvalue weighted by Gasteiger charge is -2.29. The number of hydrogen-bond donors (Lipinski definition) is 4. The highest BCUT2D eigenvalue weighted by atomic mass is 35.5. The summed E-state index contributed by atoms with van der Waals surface area (Å²) in [7, 11) is 0. The van der Waals surface area contributed by atoms with Gasteiger partial charge in [-0.15, -0.1) is 0 Å². The Morgan fingerprint density at radius 1 is 0.860 bits per heavy atom. The van der Waals surface area contributed by atoms with Gasteiger partial charge in [0, 0.05) is 23.7 Å². The van der Waals surface area contributed by atoms with Gasteiger partial charge in [0.25, 0.3) is 0 Å². The molecule has 5 aromatic rings. The van der Waals surface area contributed by atoms with Crippen molar-refractivity contribution in [2.24, 2.45) is 0 Å². The number of aliphatic hydroxyl groups excluding tert-OH is 3. The second-order valence-electron chi connectivity index (χ2n) is 9.95. The van der Waals surface area contributed by atoms with Gasteiger partial charge in [0.05, 0.1) is 52.9 Å². The summed E-state index contributed by atoms with van der Waals surface area (Å²) in [6, 6.07) is 28.2. The van der Waals surface area contributed by atoms with Gasteiger partial charge in [0.15, 0.2) is 5.75 Å². The molecule has 9 nitrogen and oxygen atoms in total. The maximum atomic E-state index is 9.77. The Bertz CT molecular complexity index is 1750. The fourth-order valence-corrected chi connectivity index (χ4v) is 4.74. The third-order valence-electron chi connectivity index (χ3n) is 7.05. The van der Waals surface area contributed by atoms with Crippen molar-refractivity contribution in [1.82, 2.24) is 15.3 Å². The summed E-state index contributed by atoms with van der Waals surface area (Å²) >= 11 is 6.70. The minimum atomic E-state index is -1.31. The van der Waals surface area contributed by atoms with E-state index in [1.807, 2.05) is 54.6 Å². The molecule has 0 aliphatic rings. The van der Waals surface area contributed by atoms with E-state index in [2.05, 4.69) is 21.4 Å². The van der Waals surface area contributed by atoms with E-state index >= 15 is 0 Å². The topological polar surface area (TPSA) is 141 Å². The normalized spacial score (nSPS) is 11.3. The molecule has 0 saturated carbocycles. The second-order valence-corrected chi connectivity index (χ2v) is 10.4.